The predicted octanol–water partition coefficient (Wildman–Crippen LogP) is 1.33. The number of anilines is 1. The van der Waals surface area contributed by atoms with Gasteiger partial charge in [-0.25, -0.2) is 4.98 Å². The van der Waals surface area contributed by atoms with Crippen molar-refractivity contribution >= 4 is 17.6 Å². The van der Waals surface area contributed by atoms with Gasteiger partial charge in [-0.1, -0.05) is 5.16 Å². The predicted molar refractivity (Wildman–Crippen MR) is 91.7 cm³/mol. The number of carbonyl (C=O) groups excluding carboxylic acids is 2. The molecule has 8 nitrogen and oxygen atoms in total. The zero-order valence-electron chi connectivity index (χ0n) is 14.6. The van der Waals surface area contributed by atoms with E-state index in [1.807, 2.05) is 0 Å². The Balaban J connectivity index is 1.46. The second-order valence-corrected chi connectivity index (χ2v) is 6.58. The first-order valence-electron chi connectivity index (χ1n) is 8.72. The maximum Gasteiger partial charge on any atom is 0.266 e. The minimum atomic E-state index is -0.281. The molecule has 1 aliphatic heterocycles. The van der Waals surface area contributed by atoms with Crippen LogP contribution in [0.1, 0.15) is 29.9 Å². The lowest BCUT2D eigenvalue weighted by Crippen LogP contribution is -2.45. The lowest BCUT2D eigenvalue weighted by atomic mass is 9.96. The van der Waals surface area contributed by atoms with Crippen LogP contribution in [0, 0.1) is 0 Å². The molecule has 0 spiro atoms. The first-order chi connectivity index (χ1) is 12.6. The number of aromatic nitrogens is 2. The topological polar surface area (TPSA) is 88.8 Å². The average Bonchev–Trinajstić information content (AvgIpc) is 3.07. The Bertz CT molecular complexity index is 847. The van der Waals surface area contributed by atoms with Gasteiger partial charge < -0.3 is 14.2 Å². The summed E-state index contributed by atoms with van der Waals surface area (Å²) in [4.78, 5) is 32.0. The van der Waals surface area contributed by atoms with Crippen molar-refractivity contribution in [3.8, 4) is 5.75 Å². The number of hydrogen-bond acceptors (Lipinski definition) is 6. The second kappa shape index (κ2) is 6.78. The van der Waals surface area contributed by atoms with E-state index in [4.69, 9.17) is 9.26 Å². The molecule has 2 aliphatic rings. The third-order valence-electron chi connectivity index (χ3n) is 4.80. The van der Waals surface area contributed by atoms with Gasteiger partial charge in [0.25, 0.3) is 5.91 Å². The van der Waals surface area contributed by atoms with Crippen molar-refractivity contribution in [1.82, 2.24) is 15.0 Å². The third kappa shape index (κ3) is 3.02. The lowest BCUT2D eigenvalue weighted by molar-refractivity contribution is -0.131. The molecule has 0 aromatic carbocycles. The van der Waals surface area contributed by atoms with E-state index in [9.17, 15) is 9.59 Å². The number of pyridine rings is 1. The Hall–Kier alpha value is -2.90. The highest BCUT2D eigenvalue weighted by atomic mass is 16.5. The minimum absolute atomic E-state index is 0.0806. The van der Waals surface area contributed by atoms with Gasteiger partial charge in [0.2, 0.25) is 5.91 Å². The second-order valence-electron chi connectivity index (χ2n) is 6.58. The molecule has 0 saturated heterocycles. The molecular weight excluding hydrogens is 336 g/mol. The maximum absolute atomic E-state index is 12.7. The number of fused-ring (bicyclic) bond motifs is 2. The van der Waals surface area contributed by atoms with E-state index in [1.54, 1.807) is 30.3 Å². The highest BCUT2D eigenvalue weighted by molar-refractivity contribution is 6.01. The molecule has 8 heteroatoms. The summed E-state index contributed by atoms with van der Waals surface area (Å²) >= 11 is 0. The highest BCUT2D eigenvalue weighted by Gasteiger charge is 2.30. The summed E-state index contributed by atoms with van der Waals surface area (Å²) < 4.78 is 10.8. The van der Waals surface area contributed by atoms with Crippen LogP contribution in [0.5, 0.6) is 5.75 Å². The molecule has 2 aromatic heterocycles. The summed E-state index contributed by atoms with van der Waals surface area (Å²) in [6.45, 7) is 0.195. The van der Waals surface area contributed by atoms with Crippen LogP contribution < -0.4 is 9.64 Å². The molecule has 4 rings (SSSR count). The lowest BCUT2D eigenvalue weighted by Gasteiger charge is -2.29. The average molecular weight is 356 g/mol. The van der Waals surface area contributed by atoms with Gasteiger partial charge in [0, 0.05) is 25.2 Å². The van der Waals surface area contributed by atoms with Crippen LogP contribution in [0.3, 0.4) is 0 Å². The number of ether oxygens (including phenoxy) is 1. The van der Waals surface area contributed by atoms with Gasteiger partial charge in [-0.3, -0.25) is 14.5 Å². The van der Waals surface area contributed by atoms with Crippen molar-refractivity contribution in [1.29, 1.82) is 0 Å². The van der Waals surface area contributed by atoms with Gasteiger partial charge in [0.1, 0.15) is 18.0 Å². The Morgan fingerprint density at radius 2 is 2.19 bits per heavy atom. The van der Waals surface area contributed by atoms with Gasteiger partial charge in [-0.05, 0) is 31.4 Å². The minimum Gasteiger partial charge on any atom is -0.480 e. The largest absolute Gasteiger partial charge is 0.480 e. The van der Waals surface area contributed by atoms with Crippen molar-refractivity contribution < 1.29 is 18.8 Å². The summed E-state index contributed by atoms with van der Waals surface area (Å²) in [7, 11) is 1.70. The molecular formula is C18H20N4O4. The number of nitrogens with zero attached hydrogens (tertiary/aromatic N) is 4. The number of likely N-dealkylation sites (N-methyl/N-ethyl adjacent to an activating group) is 1. The zero-order chi connectivity index (χ0) is 18.1. The summed E-state index contributed by atoms with van der Waals surface area (Å²) in [6.07, 6.45) is 5.65. The molecule has 0 radical (unpaired) electrons. The first kappa shape index (κ1) is 16.6. The van der Waals surface area contributed by atoms with Gasteiger partial charge in [-0.15, -0.1) is 0 Å². The van der Waals surface area contributed by atoms with E-state index in [0.29, 0.717) is 18.1 Å². The molecule has 0 unspecified atom stereocenters. The number of carbonyl (C=O) groups is 2. The maximum atomic E-state index is 12.7. The van der Waals surface area contributed by atoms with Crippen LogP contribution in [-0.4, -0.2) is 47.1 Å². The number of amides is 2. The van der Waals surface area contributed by atoms with Crippen LogP contribution in [0.2, 0.25) is 0 Å². The first-order valence-corrected chi connectivity index (χ1v) is 8.72. The van der Waals surface area contributed by atoms with E-state index in [2.05, 4.69) is 10.1 Å². The number of aryl methyl sites for hydroxylation is 1. The van der Waals surface area contributed by atoms with Crippen molar-refractivity contribution in [3.63, 3.8) is 0 Å². The van der Waals surface area contributed by atoms with E-state index in [0.717, 1.165) is 42.7 Å². The highest BCUT2D eigenvalue weighted by Crippen LogP contribution is 2.29. The third-order valence-corrected chi connectivity index (χ3v) is 4.80. The molecule has 1 aliphatic carbocycles. The Morgan fingerprint density at radius 1 is 1.35 bits per heavy atom. The fourth-order valence-corrected chi connectivity index (χ4v) is 3.34. The van der Waals surface area contributed by atoms with Crippen LogP contribution in [0.15, 0.2) is 22.9 Å². The monoisotopic (exact) mass is 356 g/mol. The van der Waals surface area contributed by atoms with E-state index < -0.39 is 0 Å². The standard InChI is InChI=1S/C18H20N4O4/c1-21(9-13-12-5-2-3-6-14(12)26-20-13)16(23)10-22-17(24)11-25-15-7-4-8-19-18(15)22/h4,7-8H,2-3,5-6,9-11H2,1H3. The molecule has 0 atom stereocenters. The summed E-state index contributed by atoms with van der Waals surface area (Å²) in [5.41, 5.74) is 1.94. The molecule has 0 bridgehead atoms. The molecule has 136 valence electrons. The number of rotatable bonds is 4. The van der Waals surface area contributed by atoms with Crippen molar-refractivity contribution in [2.45, 2.75) is 32.2 Å². The fraction of sp³-hybridized carbons (Fsp3) is 0.444. The quantitative estimate of drug-likeness (QED) is 0.821. The Morgan fingerprint density at radius 3 is 3.08 bits per heavy atom. The van der Waals surface area contributed by atoms with E-state index >= 15 is 0 Å². The molecule has 0 N–H and O–H groups in total. The van der Waals surface area contributed by atoms with Gasteiger partial charge >= 0.3 is 0 Å². The van der Waals surface area contributed by atoms with Crippen LogP contribution in [0.4, 0.5) is 5.82 Å². The van der Waals surface area contributed by atoms with Crippen LogP contribution in [0.25, 0.3) is 0 Å². The van der Waals surface area contributed by atoms with E-state index in [-0.39, 0.29) is 25.0 Å². The van der Waals surface area contributed by atoms with Crippen LogP contribution in [-0.2, 0) is 29.0 Å². The Labute approximate surface area is 150 Å². The number of hydrogen-bond donors (Lipinski definition) is 0. The Kier molecular flexibility index (Phi) is 4.32. The summed E-state index contributed by atoms with van der Waals surface area (Å²) in [5, 5.41) is 4.14. The van der Waals surface area contributed by atoms with Gasteiger partial charge in [0.15, 0.2) is 18.2 Å². The molecule has 2 amide bonds. The molecule has 0 saturated carbocycles. The molecule has 2 aromatic rings. The molecule has 3 heterocycles. The SMILES string of the molecule is CN(Cc1noc2c1CCCC2)C(=O)CN1C(=O)COc2cccnc21. The molecule has 0 fully saturated rings. The normalized spacial score (nSPS) is 15.9. The fourth-order valence-electron chi connectivity index (χ4n) is 3.34. The summed E-state index contributed by atoms with van der Waals surface area (Å²) in [5.74, 6) is 1.35. The molecule has 26 heavy (non-hydrogen) atoms. The van der Waals surface area contributed by atoms with Gasteiger partial charge in [-0.2, -0.15) is 0 Å². The van der Waals surface area contributed by atoms with E-state index in [1.165, 1.54) is 4.90 Å². The summed E-state index contributed by atoms with van der Waals surface area (Å²) in [6, 6.07) is 3.46. The smallest absolute Gasteiger partial charge is 0.266 e. The van der Waals surface area contributed by atoms with Crippen molar-refractivity contribution in [2.75, 3.05) is 25.1 Å². The zero-order valence-corrected chi connectivity index (χ0v) is 14.6. The van der Waals surface area contributed by atoms with Gasteiger partial charge in [0.05, 0.1) is 6.54 Å². The van der Waals surface area contributed by atoms with Crippen molar-refractivity contribution in [3.05, 3.63) is 35.3 Å². The van der Waals surface area contributed by atoms with Crippen LogP contribution >= 0.6 is 0 Å². The van der Waals surface area contributed by atoms with Crippen molar-refractivity contribution in [2.24, 2.45) is 0 Å².